The Morgan fingerprint density at radius 1 is 0.199 bits per heavy atom. The summed E-state index contributed by atoms with van der Waals surface area (Å²) >= 11 is 7.31. The van der Waals surface area contributed by atoms with Crippen LogP contribution in [0.15, 0.2) is 437 Å². The Labute approximate surface area is 875 Å². The first-order valence-corrected chi connectivity index (χ1v) is 52.0. The molecular formula is C137H137B2ClN6. The van der Waals surface area contributed by atoms with Crippen molar-refractivity contribution in [1.29, 1.82) is 0 Å². The smallest absolute Gasteiger partial charge is 0.252 e. The molecule has 18 aromatic carbocycles. The zero-order valence-electron chi connectivity index (χ0n) is 87.8. The number of benzene rings is 18. The van der Waals surface area contributed by atoms with Crippen LogP contribution in [0.25, 0.3) is 0 Å². The van der Waals surface area contributed by atoms with E-state index in [2.05, 4.69) is 544 Å². The average molecular weight is 1920 g/mol. The summed E-state index contributed by atoms with van der Waals surface area (Å²) in [6, 6.07) is 161. The minimum atomic E-state index is -0.254. The topological polar surface area (TPSA) is 28.2 Å². The van der Waals surface area contributed by atoms with Crippen LogP contribution in [0, 0.1) is 0 Å². The summed E-state index contributed by atoms with van der Waals surface area (Å²) in [5.41, 5.74) is 41.9. The lowest BCUT2D eigenvalue weighted by molar-refractivity contribution is 0.590. The molecule has 22 rings (SSSR count). The van der Waals surface area contributed by atoms with Crippen molar-refractivity contribution in [3.8, 4) is 0 Å². The maximum Gasteiger partial charge on any atom is 0.252 e. The van der Waals surface area contributed by atoms with Gasteiger partial charge in [-0.15, -0.1) is 0 Å². The van der Waals surface area contributed by atoms with Gasteiger partial charge in [0, 0.05) is 118 Å². The lowest BCUT2D eigenvalue weighted by Crippen LogP contribution is -2.61. The molecule has 0 fully saturated rings. The lowest BCUT2D eigenvalue weighted by atomic mass is 9.33. The summed E-state index contributed by atoms with van der Waals surface area (Å²) < 4.78 is 0. The summed E-state index contributed by atoms with van der Waals surface area (Å²) in [7, 11) is 0. The zero-order valence-corrected chi connectivity index (χ0v) is 88.6. The van der Waals surface area contributed by atoms with Crippen LogP contribution in [0.5, 0.6) is 0 Å². The number of hydrogen-bond acceptors (Lipinski definition) is 6. The molecule has 0 unspecified atom stereocenters. The van der Waals surface area contributed by atoms with E-state index in [4.69, 9.17) is 11.6 Å². The van der Waals surface area contributed by atoms with Crippen molar-refractivity contribution in [3.05, 3.63) is 509 Å². The van der Waals surface area contributed by atoms with Gasteiger partial charge in [-0.05, 0) is 267 Å². The summed E-state index contributed by atoms with van der Waals surface area (Å²) in [4.78, 5) is 12.5. The van der Waals surface area contributed by atoms with Crippen molar-refractivity contribution >= 4 is 154 Å². The molecule has 0 radical (unpaired) electrons. The van der Waals surface area contributed by atoms with Gasteiger partial charge in [0.1, 0.15) is 0 Å². The second-order valence-electron chi connectivity index (χ2n) is 46.1. The molecule has 0 amide bonds. The van der Waals surface area contributed by atoms with Crippen LogP contribution in [0.1, 0.15) is 213 Å². The van der Waals surface area contributed by atoms with E-state index in [1.54, 1.807) is 0 Å². The molecular weight excluding hydrogens is 1790 g/mol. The van der Waals surface area contributed by atoms with Gasteiger partial charge >= 0.3 is 0 Å². The third kappa shape index (κ3) is 19.1. The minimum absolute atomic E-state index is 0. The molecule has 0 saturated carbocycles. The Hall–Kier alpha value is -14.8. The van der Waals surface area contributed by atoms with Gasteiger partial charge in [-0.2, -0.15) is 0 Å². The molecule has 146 heavy (non-hydrogen) atoms. The van der Waals surface area contributed by atoms with Crippen molar-refractivity contribution in [2.45, 2.75) is 189 Å². The summed E-state index contributed by atoms with van der Waals surface area (Å²) in [5, 5.41) is 4.02. The highest BCUT2D eigenvalue weighted by Gasteiger charge is 2.49. The molecule has 18 aromatic rings. The van der Waals surface area contributed by atoms with Gasteiger partial charge in [0.15, 0.2) is 0 Å². The number of hydrogen-bond donors (Lipinski definition) is 1. The molecule has 0 aromatic heterocycles. The molecule has 0 spiro atoms. The number of rotatable bonds is 17. The normalized spacial score (nSPS) is 13.1. The largest absolute Gasteiger partial charge is 0.356 e. The predicted molar refractivity (Wildman–Crippen MR) is 633 cm³/mol. The van der Waals surface area contributed by atoms with E-state index in [1.165, 1.54) is 134 Å². The Bertz CT molecular complexity index is 7620. The zero-order chi connectivity index (χ0) is 101. The minimum Gasteiger partial charge on any atom is -0.356 e. The Balaban J connectivity index is 0.000000164. The van der Waals surface area contributed by atoms with Gasteiger partial charge in [-0.3, -0.25) is 0 Å². The first kappa shape index (κ1) is 99.9. The number of fused-ring (bicyclic) bond motifs is 8. The number of para-hydroxylation sites is 4. The molecule has 0 atom stereocenters. The third-order valence-corrected chi connectivity index (χ3v) is 31.3. The highest BCUT2D eigenvalue weighted by atomic mass is 35.5. The van der Waals surface area contributed by atoms with Gasteiger partial charge in [0.25, 0.3) is 13.4 Å². The highest BCUT2D eigenvalue weighted by Crippen LogP contribution is 2.53. The summed E-state index contributed by atoms with van der Waals surface area (Å²) in [5.74, 6) is 0. The maximum absolute atomic E-state index is 7.31. The number of nitrogens with zero attached hydrogens (tertiary/aromatic N) is 5. The standard InChI is InChI=1S/C68H66BN3.C56H56BClN2.C12H11N.CH4/c1-65(2,3)47-31-37-55(38-32-47)71-60-41-35-51(66(4,5)6)43-58(60)69-59-44-52(68(9,10)49-25-17-12-18-26-49)36-42-61(59)72(56-39-33-50(34-40-56)67(7,8)48-23-15-11-16-24-48)63-46-57(45-62(71)64(63)69)70(53-27-19-13-20-28-53)54-29-21-14-22-30-54;1-53(2,3)37-21-27-44(28-22-37)59-48-31-25-41(54(4,5)6)33-46(48)57-47-34-42(56(9,10)39-19-15-12-16-20-39)26-32-49(47)60(51-36-43(58)35-50(59)52(51)57)45-29-23-40(24-30-45)55(7,8)38-17-13-11-14-18-38;1-3-7-11(8-4-1)13-12-9-5-2-6-10-12;/h11-46H,1-10H3;11-36H,1-10H3;1-10,13H;1H4. The van der Waals surface area contributed by atoms with Crippen LogP contribution in [-0.4, -0.2) is 13.4 Å². The van der Waals surface area contributed by atoms with Crippen molar-refractivity contribution in [3.63, 3.8) is 0 Å². The Kier molecular flexibility index (Phi) is 26.9. The summed E-state index contributed by atoms with van der Waals surface area (Å²) in [6.45, 7) is 46.4. The monoisotopic (exact) mass is 1920 g/mol. The van der Waals surface area contributed by atoms with E-state index < -0.39 is 0 Å². The Morgan fingerprint density at radius 3 is 0.664 bits per heavy atom. The average Bonchev–Trinajstić information content (AvgIpc) is 0.694. The van der Waals surface area contributed by atoms with Crippen LogP contribution in [0.2, 0.25) is 5.02 Å². The molecule has 4 aliphatic heterocycles. The van der Waals surface area contributed by atoms with Crippen LogP contribution in [-0.2, 0) is 43.3 Å². The highest BCUT2D eigenvalue weighted by molar-refractivity contribution is 7.01. The predicted octanol–water partition coefficient (Wildman–Crippen LogP) is 34.2. The number of nitrogens with one attached hydrogen (secondary N) is 1. The lowest BCUT2D eigenvalue weighted by Gasteiger charge is -2.46. The molecule has 6 nitrogen and oxygen atoms in total. The van der Waals surface area contributed by atoms with Gasteiger partial charge < -0.3 is 29.8 Å². The molecule has 0 saturated heterocycles. The van der Waals surface area contributed by atoms with E-state index in [0.29, 0.717) is 5.02 Å². The fourth-order valence-electron chi connectivity index (χ4n) is 22.1. The van der Waals surface area contributed by atoms with Crippen LogP contribution in [0.3, 0.4) is 0 Å². The summed E-state index contributed by atoms with van der Waals surface area (Å²) in [6.07, 6.45) is 0. The fraction of sp³-hybridized carbons (Fsp3) is 0.212. The molecule has 4 heterocycles. The van der Waals surface area contributed by atoms with Crippen LogP contribution >= 0.6 is 11.6 Å². The molecule has 4 aliphatic rings. The number of anilines is 17. The van der Waals surface area contributed by atoms with Crippen molar-refractivity contribution in [2.75, 3.05) is 29.8 Å². The van der Waals surface area contributed by atoms with E-state index in [9.17, 15) is 0 Å². The third-order valence-electron chi connectivity index (χ3n) is 31.0. The van der Waals surface area contributed by atoms with Gasteiger partial charge in [-0.25, -0.2) is 0 Å². The van der Waals surface area contributed by atoms with Crippen molar-refractivity contribution in [1.82, 2.24) is 0 Å². The second kappa shape index (κ2) is 39.3. The second-order valence-corrected chi connectivity index (χ2v) is 46.5. The molecule has 728 valence electrons. The van der Waals surface area contributed by atoms with Crippen molar-refractivity contribution in [2.24, 2.45) is 0 Å². The van der Waals surface area contributed by atoms with E-state index in [-0.39, 0.29) is 64.2 Å². The van der Waals surface area contributed by atoms with E-state index >= 15 is 0 Å². The van der Waals surface area contributed by atoms with Crippen LogP contribution < -0.4 is 62.6 Å². The number of halogens is 1. The van der Waals surface area contributed by atoms with Crippen LogP contribution in [0.4, 0.5) is 96.7 Å². The van der Waals surface area contributed by atoms with E-state index in [1.807, 2.05) is 60.7 Å². The first-order valence-electron chi connectivity index (χ1n) is 51.6. The SMILES string of the molecule is C.CC(C)(C)c1ccc(N2c3ccc(C(C)(C)C)cc3B3c4cc(C(C)(C)c5ccccc5)ccc4N(c4ccc(C(C)(C)c5ccccc5)cc4)c4cc(Cl)cc2c43)cc1.CC(C)(C)c1ccc(N2c3ccc(C(C)(C)C)cc3B3c4cc(C(C)(C)c5ccccc5)ccc4N(c4ccc(C(C)(C)c5ccccc5)cc4)c4cc(N(c5ccccc5)c5ccccc5)cc2c43)cc1.c1ccc(Nc2ccccc2)cc1. The molecule has 0 aliphatic carbocycles. The fourth-order valence-corrected chi connectivity index (χ4v) is 22.3. The molecule has 1 N–H and O–H groups in total. The van der Waals surface area contributed by atoms with E-state index in [0.717, 1.165) is 62.6 Å². The van der Waals surface area contributed by atoms with Crippen molar-refractivity contribution < 1.29 is 0 Å². The molecule has 9 heteroatoms. The first-order chi connectivity index (χ1) is 69.4. The molecule has 0 bridgehead atoms. The van der Waals surface area contributed by atoms with Gasteiger partial charge in [0.2, 0.25) is 0 Å². The Morgan fingerprint density at radius 2 is 0.404 bits per heavy atom. The van der Waals surface area contributed by atoms with Gasteiger partial charge in [-0.1, -0.05) is 449 Å². The maximum atomic E-state index is 7.31. The van der Waals surface area contributed by atoms with Gasteiger partial charge in [0.05, 0.1) is 5.69 Å². The quantitative estimate of drug-likeness (QED) is 0.0914.